The Balaban J connectivity index is 0.000000149. The zero-order chi connectivity index (χ0) is 13.4. The van der Waals surface area contributed by atoms with Gasteiger partial charge < -0.3 is 23.7 Å². The fraction of sp³-hybridized carbons (Fsp3) is 1.00. The predicted octanol–water partition coefficient (Wildman–Crippen LogP) is 1.69. The highest BCUT2D eigenvalue weighted by atomic mass is 16.8. The van der Waals surface area contributed by atoms with Crippen molar-refractivity contribution in [2.24, 2.45) is 0 Å². The highest BCUT2D eigenvalue weighted by molar-refractivity contribution is 4.89. The van der Waals surface area contributed by atoms with Crippen molar-refractivity contribution in [1.29, 1.82) is 0 Å². The number of hydrogen-bond donors (Lipinski definition) is 0. The summed E-state index contributed by atoms with van der Waals surface area (Å²) < 4.78 is 26.8. The van der Waals surface area contributed by atoms with Gasteiger partial charge in [0.1, 0.15) is 12.2 Å². The molecular formula is C13H24O5. The summed E-state index contributed by atoms with van der Waals surface area (Å²) in [5.41, 5.74) is 0. The topological polar surface area (TPSA) is 46.2 Å². The number of ether oxygens (including phenoxy) is 5. The van der Waals surface area contributed by atoms with E-state index in [-0.39, 0.29) is 24.1 Å². The number of fused-ring (bicyclic) bond motifs is 1. The lowest BCUT2D eigenvalue weighted by atomic mass is 10.2. The minimum absolute atomic E-state index is 0.144. The van der Waals surface area contributed by atoms with Gasteiger partial charge in [0.05, 0.1) is 25.9 Å². The molecule has 0 amide bonds. The van der Waals surface area contributed by atoms with Crippen molar-refractivity contribution in [2.75, 3.05) is 19.8 Å². The van der Waals surface area contributed by atoms with Gasteiger partial charge in [0.15, 0.2) is 11.6 Å². The van der Waals surface area contributed by atoms with Gasteiger partial charge in [-0.25, -0.2) is 0 Å². The number of rotatable bonds is 0. The van der Waals surface area contributed by atoms with Crippen LogP contribution in [0.5, 0.6) is 0 Å². The van der Waals surface area contributed by atoms with Crippen LogP contribution in [0.15, 0.2) is 0 Å². The molecule has 5 heteroatoms. The van der Waals surface area contributed by atoms with Gasteiger partial charge in [-0.2, -0.15) is 0 Å². The molecule has 0 aliphatic carbocycles. The van der Waals surface area contributed by atoms with Gasteiger partial charge in [-0.1, -0.05) is 0 Å². The third kappa shape index (κ3) is 3.42. The van der Waals surface area contributed by atoms with E-state index in [1.807, 2.05) is 34.6 Å². The summed E-state index contributed by atoms with van der Waals surface area (Å²) in [6.07, 6.45) is 0.478. The van der Waals surface area contributed by atoms with Crippen molar-refractivity contribution < 1.29 is 23.7 Å². The highest BCUT2D eigenvalue weighted by Gasteiger charge is 2.48. The summed E-state index contributed by atoms with van der Waals surface area (Å²) in [5.74, 6) is -0.715. The van der Waals surface area contributed by atoms with Crippen LogP contribution < -0.4 is 0 Å². The van der Waals surface area contributed by atoms with Crippen molar-refractivity contribution in [3.05, 3.63) is 0 Å². The maximum absolute atomic E-state index is 5.64. The quantitative estimate of drug-likeness (QED) is 0.663. The molecule has 0 spiro atoms. The first kappa shape index (κ1) is 14.2. The Kier molecular flexibility index (Phi) is 3.99. The molecular weight excluding hydrogens is 236 g/mol. The normalized spacial score (nSPS) is 40.2. The molecule has 0 bridgehead atoms. The fourth-order valence-corrected chi connectivity index (χ4v) is 2.35. The zero-order valence-corrected chi connectivity index (χ0v) is 11.9. The van der Waals surface area contributed by atoms with E-state index in [2.05, 4.69) is 0 Å². The molecule has 0 saturated carbocycles. The second-order valence-electron chi connectivity index (χ2n) is 5.77. The van der Waals surface area contributed by atoms with Gasteiger partial charge in [-0.15, -0.1) is 0 Å². The van der Waals surface area contributed by atoms with Gasteiger partial charge in [-0.05, 0) is 34.6 Å². The van der Waals surface area contributed by atoms with Gasteiger partial charge in [0, 0.05) is 0 Å². The Labute approximate surface area is 109 Å². The zero-order valence-electron chi connectivity index (χ0n) is 11.9. The standard InChI is InChI=1S/C8H14O3.C5H10O2/c1-5-7-6(4-9-5)10-8(2,3)11-7;1-5(2)6-3-4-7-5/h5-7H,4H2,1-3H3;3-4H2,1-2H3/t5-,6?,7?;/m1./s1. The Morgan fingerprint density at radius 2 is 1.50 bits per heavy atom. The molecule has 3 fully saturated rings. The van der Waals surface area contributed by atoms with Crippen molar-refractivity contribution in [3.63, 3.8) is 0 Å². The van der Waals surface area contributed by atoms with E-state index in [9.17, 15) is 0 Å². The lowest BCUT2D eigenvalue weighted by Gasteiger charge is -2.19. The average molecular weight is 260 g/mol. The maximum atomic E-state index is 5.64. The largest absolute Gasteiger partial charge is 0.373 e. The van der Waals surface area contributed by atoms with Gasteiger partial charge >= 0.3 is 0 Å². The Morgan fingerprint density at radius 3 is 1.94 bits per heavy atom. The summed E-state index contributed by atoms with van der Waals surface area (Å²) in [5, 5.41) is 0. The average Bonchev–Trinajstić information content (AvgIpc) is 2.86. The van der Waals surface area contributed by atoms with Gasteiger partial charge in [0.2, 0.25) is 0 Å². The van der Waals surface area contributed by atoms with Crippen LogP contribution in [0.4, 0.5) is 0 Å². The summed E-state index contributed by atoms with van der Waals surface area (Å²) in [6, 6.07) is 0. The van der Waals surface area contributed by atoms with Crippen LogP contribution in [0.1, 0.15) is 34.6 Å². The van der Waals surface area contributed by atoms with Crippen LogP contribution in [-0.4, -0.2) is 49.7 Å². The second kappa shape index (κ2) is 5.06. The second-order valence-corrected chi connectivity index (χ2v) is 5.77. The molecule has 0 aromatic carbocycles. The monoisotopic (exact) mass is 260 g/mol. The molecule has 3 atom stereocenters. The fourth-order valence-electron chi connectivity index (χ4n) is 2.35. The molecule has 3 saturated heterocycles. The molecule has 18 heavy (non-hydrogen) atoms. The van der Waals surface area contributed by atoms with E-state index in [4.69, 9.17) is 23.7 Å². The van der Waals surface area contributed by atoms with Crippen molar-refractivity contribution >= 4 is 0 Å². The van der Waals surface area contributed by atoms with E-state index in [0.717, 1.165) is 13.2 Å². The van der Waals surface area contributed by atoms with E-state index in [1.165, 1.54) is 0 Å². The molecule has 5 nitrogen and oxygen atoms in total. The van der Waals surface area contributed by atoms with Crippen LogP contribution >= 0.6 is 0 Å². The summed E-state index contributed by atoms with van der Waals surface area (Å²) in [4.78, 5) is 0. The summed E-state index contributed by atoms with van der Waals surface area (Å²) >= 11 is 0. The minimum atomic E-state index is -0.409. The van der Waals surface area contributed by atoms with E-state index >= 15 is 0 Å². The molecule has 0 radical (unpaired) electrons. The SMILES string of the molecule is CC1(C)OCCO1.C[C@H]1OCC2OC(C)(C)OC21. The van der Waals surface area contributed by atoms with Crippen molar-refractivity contribution in [3.8, 4) is 0 Å². The minimum Gasteiger partial charge on any atom is -0.373 e. The first-order valence-corrected chi connectivity index (χ1v) is 6.54. The van der Waals surface area contributed by atoms with Crippen LogP contribution in [0.25, 0.3) is 0 Å². The van der Waals surface area contributed by atoms with E-state index in [0.29, 0.717) is 6.61 Å². The predicted molar refractivity (Wildman–Crippen MR) is 65.2 cm³/mol. The molecule has 106 valence electrons. The summed E-state index contributed by atoms with van der Waals surface area (Å²) in [6.45, 7) is 11.9. The molecule has 0 N–H and O–H groups in total. The van der Waals surface area contributed by atoms with Crippen molar-refractivity contribution in [2.45, 2.75) is 64.5 Å². The van der Waals surface area contributed by atoms with Gasteiger partial charge in [-0.3, -0.25) is 0 Å². The number of hydrogen-bond acceptors (Lipinski definition) is 5. The van der Waals surface area contributed by atoms with Crippen LogP contribution in [0, 0.1) is 0 Å². The smallest absolute Gasteiger partial charge is 0.164 e. The maximum Gasteiger partial charge on any atom is 0.164 e. The van der Waals surface area contributed by atoms with E-state index < -0.39 is 5.79 Å². The Hall–Kier alpha value is -0.200. The first-order chi connectivity index (χ1) is 8.29. The molecule has 2 unspecified atom stereocenters. The molecule has 3 aliphatic rings. The van der Waals surface area contributed by atoms with Gasteiger partial charge in [0.25, 0.3) is 0 Å². The van der Waals surface area contributed by atoms with Crippen molar-refractivity contribution in [1.82, 2.24) is 0 Å². The van der Waals surface area contributed by atoms with Crippen LogP contribution in [0.3, 0.4) is 0 Å². The summed E-state index contributed by atoms with van der Waals surface area (Å²) in [7, 11) is 0. The first-order valence-electron chi connectivity index (χ1n) is 6.54. The van der Waals surface area contributed by atoms with Crippen LogP contribution in [0.2, 0.25) is 0 Å². The Bertz CT molecular complexity index is 281. The lowest BCUT2D eigenvalue weighted by Crippen LogP contribution is -2.27. The molecule has 0 aromatic rings. The lowest BCUT2D eigenvalue weighted by molar-refractivity contribution is -0.173. The Morgan fingerprint density at radius 1 is 0.889 bits per heavy atom. The molecule has 3 rings (SSSR count). The molecule has 3 aliphatic heterocycles. The highest BCUT2D eigenvalue weighted by Crippen LogP contribution is 2.34. The van der Waals surface area contributed by atoms with Crippen LogP contribution in [-0.2, 0) is 23.7 Å². The molecule has 3 heterocycles. The molecule has 0 aromatic heterocycles. The third-order valence-electron chi connectivity index (χ3n) is 3.19. The van der Waals surface area contributed by atoms with E-state index in [1.54, 1.807) is 0 Å². The third-order valence-corrected chi connectivity index (χ3v) is 3.19.